The van der Waals surface area contributed by atoms with E-state index in [0.29, 0.717) is 5.92 Å². The molecule has 0 spiro atoms. The molecule has 2 atom stereocenters. The first-order valence-corrected chi connectivity index (χ1v) is 10.4. The summed E-state index contributed by atoms with van der Waals surface area (Å²) >= 11 is 0. The Balaban J connectivity index is 1.74. The van der Waals surface area contributed by atoms with E-state index < -0.39 is 0 Å². The number of unbranched alkanes of at least 4 members (excludes halogenated alkanes) is 11. The van der Waals surface area contributed by atoms with Crippen molar-refractivity contribution in [2.24, 2.45) is 5.92 Å². The number of hydrogen-bond donors (Lipinski definition) is 1. The van der Waals surface area contributed by atoms with Gasteiger partial charge in [-0.1, -0.05) is 90.9 Å². The number of rotatable bonds is 16. The molecule has 3 heteroatoms. The molecule has 0 saturated carbocycles. The van der Waals surface area contributed by atoms with E-state index in [0.717, 1.165) is 32.4 Å². The second-order valence-corrected chi connectivity index (χ2v) is 7.28. The van der Waals surface area contributed by atoms with Crippen LogP contribution in [0, 0.1) is 5.92 Å². The van der Waals surface area contributed by atoms with Gasteiger partial charge in [0.1, 0.15) is 6.23 Å². The van der Waals surface area contributed by atoms with Gasteiger partial charge in [-0.25, -0.2) is 0 Å². The minimum absolute atomic E-state index is 0.354. The van der Waals surface area contributed by atoms with Crippen LogP contribution < -0.4 is 0 Å². The van der Waals surface area contributed by atoms with Gasteiger partial charge in [-0.05, 0) is 12.8 Å². The second kappa shape index (κ2) is 14.2. The SMILES string of the molecule is CCCCCCCCCCCCCCON1C[C@H](CCC)C1O. The Bertz CT molecular complexity index is 260. The molecule has 138 valence electrons. The van der Waals surface area contributed by atoms with E-state index in [-0.39, 0.29) is 6.23 Å². The maximum absolute atomic E-state index is 9.89. The van der Waals surface area contributed by atoms with Crippen LogP contribution in [0.5, 0.6) is 0 Å². The van der Waals surface area contributed by atoms with Crippen molar-refractivity contribution in [3.05, 3.63) is 0 Å². The summed E-state index contributed by atoms with van der Waals surface area (Å²) in [5.41, 5.74) is 0. The lowest BCUT2D eigenvalue weighted by Crippen LogP contribution is -2.55. The van der Waals surface area contributed by atoms with E-state index in [1.807, 2.05) is 0 Å². The molecule has 0 aromatic heterocycles. The van der Waals surface area contributed by atoms with Crippen LogP contribution in [0.2, 0.25) is 0 Å². The second-order valence-electron chi connectivity index (χ2n) is 7.28. The lowest BCUT2D eigenvalue weighted by Gasteiger charge is -2.43. The van der Waals surface area contributed by atoms with Gasteiger partial charge in [-0.2, -0.15) is 5.06 Å². The quantitative estimate of drug-likeness (QED) is 0.371. The van der Waals surface area contributed by atoms with Crippen LogP contribution in [0.25, 0.3) is 0 Å². The zero-order chi connectivity index (χ0) is 16.8. The maximum atomic E-state index is 9.89. The van der Waals surface area contributed by atoms with Crippen molar-refractivity contribution < 1.29 is 9.94 Å². The van der Waals surface area contributed by atoms with Crippen LogP contribution in [0.15, 0.2) is 0 Å². The Morgan fingerprint density at radius 3 is 1.78 bits per heavy atom. The van der Waals surface area contributed by atoms with Gasteiger partial charge in [0, 0.05) is 12.5 Å². The fourth-order valence-electron chi connectivity index (χ4n) is 3.40. The average Bonchev–Trinajstić information content (AvgIpc) is 2.56. The summed E-state index contributed by atoms with van der Waals surface area (Å²) in [6.45, 7) is 6.13. The van der Waals surface area contributed by atoms with Crippen molar-refractivity contribution in [2.75, 3.05) is 13.2 Å². The van der Waals surface area contributed by atoms with Gasteiger partial charge in [0.2, 0.25) is 0 Å². The maximum Gasteiger partial charge on any atom is 0.134 e. The third-order valence-corrected chi connectivity index (χ3v) is 5.05. The van der Waals surface area contributed by atoms with Gasteiger partial charge < -0.3 is 5.11 Å². The molecule has 1 N–H and O–H groups in total. The van der Waals surface area contributed by atoms with Crippen LogP contribution >= 0.6 is 0 Å². The molecule has 0 aromatic rings. The molecule has 0 radical (unpaired) electrons. The van der Waals surface area contributed by atoms with Gasteiger partial charge in [-0.3, -0.25) is 4.84 Å². The molecule has 23 heavy (non-hydrogen) atoms. The fraction of sp³-hybridized carbons (Fsp3) is 1.00. The highest BCUT2D eigenvalue weighted by molar-refractivity contribution is 4.78. The van der Waals surface area contributed by atoms with Crippen LogP contribution in [0.4, 0.5) is 0 Å². The first-order valence-electron chi connectivity index (χ1n) is 10.4. The van der Waals surface area contributed by atoms with Crippen LogP contribution in [-0.4, -0.2) is 29.5 Å². The molecule has 0 amide bonds. The molecule has 1 rings (SSSR count). The molecule has 0 bridgehead atoms. The smallest absolute Gasteiger partial charge is 0.134 e. The van der Waals surface area contributed by atoms with Gasteiger partial charge in [0.15, 0.2) is 0 Å². The highest BCUT2D eigenvalue weighted by Crippen LogP contribution is 2.27. The minimum atomic E-state index is -0.354. The van der Waals surface area contributed by atoms with Crippen molar-refractivity contribution in [2.45, 2.75) is 110 Å². The number of hydroxylamine groups is 2. The van der Waals surface area contributed by atoms with E-state index in [4.69, 9.17) is 4.84 Å². The minimum Gasteiger partial charge on any atom is -0.376 e. The largest absolute Gasteiger partial charge is 0.376 e. The highest BCUT2D eigenvalue weighted by Gasteiger charge is 2.37. The molecule has 0 aromatic carbocycles. The first kappa shape index (κ1) is 20.9. The zero-order valence-corrected chi connectivity index (χ0v) is 15.8. The lowest BCUT2D eigenvalue weighted by molar-refractivity contribution is -0.317. The number of aliphatic hydroxyl groups is 1. The topological polar surface area (TPSA) is 32.7 Å². The third kappa shape index (κ3) is 9.69. The van der Waals surface area contributed by atoms with Crippen molar-refractivity contribution in [1.29, 1.82) is 0 Å². The molecule has 1 heterocycles. The van der Waals surface area contributed by atoms with Gasteiger partial charge in [0.05, 0.1) is 6.61 Å². The number of aliphatic hydroxyl groups excluding tert-OH is 1. The summed E-state index contributed by atoms with van der Waals surface area (Å²) in [5.74, 6) is 0.432. The highest BCUT2D eigenvalue weighted by atomic mass is 16.7. The van der Waals surface area contributed by atoms with Crippen molar-refractivity contribution in [3.63, 3.8) is 0 Å². The summed E-state index contributed by atoms with van der Waals surface area (Å²) in [6, 6.07) is 0. The predicted molar refractivity (Wildman–Crippen MR) is 98.1 cm³/mol. The van der Waals surface area contributed by atoms with Crippen molar-refractivity contribution >= 4 is 0 Å². The summed E-state index contributed by atoms with van der Waals surface area (Å²) < 4.78 is 0. The summed E-state index contributed by atoms with van der Waals surface area (Å²) in [7, 11) is 0. The van der Waals surface area contributed by atoms with Gasteiger partial charge in [0.25, 0.3) is 0 Å². The average molecular weight is 328 g/mol. The van der Waals surface area contributed by atoms with Crippen LogP contribution in [0.1, 0.15) is 104 Å². The molecular formula is C20H41NO2. The summed E-state index contributed by atoms with van der Waals surface area (Å²) in [4.78, 5) is 5.64. The van der Waals surface area contributed by atoms with E-state index >= 15 is 0 Å². The van der Waals surface area contributed by atoms with Crippen molar-refractivity contribution in [1.82, 2.24) is 5.06 Å². The van der Waals surface area contributed by atoms with Crippen LogP contribution in [0.3, 0.4) is 0 Å². The molecule has 1 aliphatic heterocycles. The molecule has 0 aliphatic carbocycles. The standard InChI is InChI=1S/C20H41NO2/c1-3-5-6-7-8-9-10-11-12-13-14-15-17-23-21-18-19(16-4-2)20(21)22/h19-20,22H,3-18H2,1-2H3/t19-,20?/m0/s1. The summed E-state index contributed by atoms with van der Waals surface area (Å²) in [6.07, 6.45) is 18.3. The van der Waals surface area contributed by atoms with E-state index in [1.165, 1.54) is 70.6 Å². The van der Waals surface area contributed by atoms with Crippen LogP contribution in [-0.2, 0) is 4.84 Å². The fourth-order valence-corrected chi connectivity index (χ4v) is 3.40. The predicted octanol–water partition coefficient (Wildman–Crippen LogP) is 5.67. The lowest BCUT2D eigenvalue weighted by atomic mass is 9.95. The van der Waals surface area contributed by atoms with Crippen molar-refractivity contribution in [3.8, 4) is 0 Å². The Morgan fingerprint density at radius 2 is 1.30 bits per heavy atom. The Morgan fingerprint density at radius 1 is 0.783 bits per heavy atom. The molecule has 3 nitrogen and oxygen atoms in total. The summed E-state index contributed by atoms with van der Waals surface area (Å²) in [5, 5.41) is 11.7. The van der Waals surface area contributed by atoms with Gasteiger partial charge in [-0.15, -0.1) is 0 Å². The number of hydrogen-bond acceptors (Lipinski definition) is 3. The first-order chi connectivity index (χ1) is 11.3. The van der Waals surface area contributed by atoms with E-state index in [1.54, 1.807) is 5.06 Å². The normalized spacial score (nSPS) is 21.5. The number of nitrogens with zero attached hydrogens (tertiary/aromatic N) is 1. The third-order valence-electron chi connectivity index (χ3n) is 5.05. The zero-order valence-electron chi connectivity index (χ0n) is 15.8. The van der Waals surface area contributed by atoms with Gasteiger partial charge >= 0.3 is 0 Å². The Hall–Kier alpha value is -0.120. The molecular weight excluding hydrogens is 286 g/mol. The monoisotopic (exact) mass is 327 g/mol. The molecule has 1 unspecified atom stereocenters. The van der Waals surface area contributed by atoms with E-state index in [9.17, 15) is 5.11 Å². The Labute approximate surface area is 144 Å². The van der Waals surface area contributed by atoms with E-state index in [2.05, 4.69) is 13.8 Å². The Kier molecular flexibility index (Phi) is 13.0. The molecule has 1 saturated heterocycles. The molecule has 1 aliphatic rings. The molecule has 1 fully saturated rings.